The van der Waals surface area contributed by atoms with E-state index in [1.807, 2.05) is 6.92 Å². The van der Waals surface area contributed by atoms with Crippen LogP contribution < -0.4 is 10.5 Å². The van der Waals surface area contributed by atoms with Gasteiger partial charge in [-0.05, 0) is 25.1 Å². The largest absolute Gasteiger partial charge is 0.496 e. The Labute approximate surface area is 87.7 Å². The van der Waals surface area contributed by atoms with Crippen LogP contribution in [0.2, 0.25) is 0 Å². The fourth-order valence-corrected chi connectivity index (χ4v) is 1.37. The third kappa shape index (κ3) is 1.79. The molecule has 0 radical (unpaired) electrons. The van der Waals surface area contributed by atoms with E-state index in [2.05, 4.69) is 4.98 Å². The SMILES string of the molecule is COc1ccc(N)cc1-c1ncc(C)o1. The van der Waals surface area contributed by atoms with Crippen molar-refractivity contribution in [1.82, 2.24) is 4.98 Å². The lowest BCUT2D eigenvalue weighted by Crippen LogP contribution is -1.91. The van der Waals surface area contributed by atoms with Gasteiger partial charge in [0.2, 0.25) is 5.89 Å². The number of rotatable bonds is 2. The predicted molar refractivity (Wildman–Crippen MR) is 57.6 cm³/mol. The highest BCUT2D eigenvalue weighted by Crippen LogP contribution is 2.31. The quantitative estimate of drug-likeness (QED) is 0.762. The molecule has 1 aromatic heterocycles. The number of oxazole rings is 1. The number of aryl methyl sites for hydroxylation is 1. The van der Waals surface area contributed by atoms with Crippen LogP contribution in [0.1, 0.15) is 5.76 Å². The zero-order chi connectivity index (χ0) is 10.8. The number of hydrogen-bond acceptors (Lipinski definition) is 4. The summed E-state index contributed by atoms with van der Waals surface area (Å²) in [4.78, 5) is 4.13. The van der Waals surface area contributed by atoms with Gasteiger partial charge < -0.3 is 14.9 Å². The molecule has 78 valence electrons. The molecule has 4 heteroatoms. The first kappa shape index (κ1) is 9.58. The molecule has 0 aliphatic heterocycles. The van der Waals surface area contributed by atoms with Crippen molar-refractivity contribution in [2.75, 3.05) is 12.8 Å². The van der Waals surface area contributed by atoms with E-state index >= 15 is 0 Å². The van der Waals surface area contributed by atoms with Gasteiger partial charge in [-0.3, -0.25) is 0 Å². The number of methoxy groups -OCH3 is 1. The number of nitrogens with zero attached hydrogens (tertiary/aromatic N) is 1. The number of nitrogens with two attached hydrogens (primary N) is 1. The Balaban J connectivity index is 2.55. The topological polar surface area (TPSA) is 61.3 Å². The van der Waals surface area contributed by atoms with Gasteiger partial charge in [-0.15, -0.1) is 0 Å². The van der Waals surface area contributed by atoms with Gasteiger partial charge in [0, 0.05) is 5.69 Å². The van der Waals surface area contributed by atoms with E-state index in [0.29, 0.717) is 17.3 Å². The first-order valence-corrected chi connectivity index (χ1v) is 4.57. The molecule has 0 aliphatic rings. The fraction of sp³-hybridized carbons (Fsp3) is 0.182. The number of nitrogen functional groups attached to an aromatic ring is 1. The summed E-state index contributed by atoms with van der Waals surface area (Å²) in [5.74, 6) is 1.98. The minimum atomic E-state index is 0.525. The average molecular weight is 204 g/mol. The average Bonchev–Trinajstić information content (AvgIpc) is 2.65. The molecule has 0 unspecified atom stereocenters. The third-order valence-corrected chi connectivity index (χ3v) is 2.08. The van der Waals surface area contributed by atoms with Crippen LogP contribution in [-0.2, 0) is 0 Å². The van der Waals surface area contributed by atoms with Gasteiger partial charge in [0.1, 0.15) is 11.5 Å². The molecule has 0 fully saturated rings. The second-order valence-corrected chi connectivity index (χ2v) is 3.24. The Bertz CT molecular complexity index is 477. The smallest absolute Gasteiger partial charge is 0.230 e. The molecule has 2 N–H and O–H groups in total. The van der Waals surface area contributed by atoms with E-state index in [9.17, 15) is 0 Å². The maximum Gasteiger partial charge on any atom is 0.230 e. The van der Waals surface area contributed by atoms with Crippen LogP contribution in [0, 0.1) is 6.92 Å². The van der Waals surface area contributed by atoms with Crippen molar-refractivity contribution in [3.05, 3.63) is 30.2 Å². The van der Waals surface area contributed by atoms with Crippen LogP contribution in [0.4, 0.5) is 5.69 Å². The predicted octanol–water partition coefficient (Wildman–Crippen LogP) is 2.24. The fourth-order valence-electron chi connectivity index (χ4n) is 1.37. The van der Waals surface area contributed by atoms with Gasteiger partial charge in [-0.1, -0.05) is 0 Å². The summed E-state index contributed by atoms with van der Waals surface area (Å²) in [5.41, 5.74) is 7.12. The number of ether oxygens (including phenoxy) is 1. The van der Waals surface area contributed by atoms with Crippen LogP contribution in [0.15, 0.2) is 28.8 Å². The number of anilines is 1. The molecule has 1 aromatic carbocycles. The summed E-state index contributed by atoms with van der Waals surface area (Å²) in [5, 5.41) is 0. The standard InChI is InChI=1S/C11H12N2O2/c1-7-6-13-11(15-7)9-5-8(12)3-4-10(9)14-2/h3-6H,12H2,1-2H3. The molecule has 4 nitrogen and oxygen atoms in total. The van der Waals surface area contributed by atoms with Crippen molar-refractivity contribution in [2.24, 2.45) is 0 Å². The van der Waals surface area contributed by atoms with Gasteiger partial charge in [0.05, 0.1) is 18.9 Å². The molecule has 0 saturated carbocycles. The Morgan fingerprint density at radius 2 is 2.20 bits per heavy atom. The summed E-state index contributed by atoms with van der Waals surface area (Å²) in [6, 6.07) is 5.35. The van der Waals surface area contributed by atoms with E-state index in [0.717, 1.165) is 11.3 Å². The van der Waals surface area contributed by atoms with Crippen molar-refractivity contribution >= 4 is 5.69 Å². The Morgan fingerprint density at radius 3 is 2.80 bits per heavy atom. The van der Waals surface area contributed by atoms with Crippen LogP contribution >= 0.6 is 0 Å². The molecule has 0 atom stereocenters. The van der Waals surface area contributed by atoms with Crippen molar-refractivity contribution in [3.8, 4) is 17.2 Å². The molecular formula is C11H12N2O2. The normalized spacial score (nSPS) is 10.3. The minimum Gasteiger partial charge on any atom is -0.496 e. The van der Waals surface area contributed by atoms with Crippen LogP contribution in [0.25, 0.3) is 11.5 Å². The maximum atomic E-state index is 5.70. The van der Waals surface area contributed by atoms with Crippen molar-refractivity contribution in [2.45, 2.75) is 6.92 Å². The molecule has 2 aromatic rings. The van der Waals surface area contributed by atoms with E-state index in [4.69, 9.17) is 14.9 Å². The zero-order valence-electron chi connectivity index (χ0n) is 8.65. The number of hydrogen-bond donors (Lipinski definition) is 1. The Morgan fingerprint density at radius 1 is 1.40 bits per heavy atom. The summed E-state index contributed by atoms with van der Waals surface area (Å²) in [6.07, 6.45) is 1.66. The third-order valence-electron chi connectivity index (χ3n) is 2.08. The van der Waals surface area contributed by atoms with Crippen LogP contribution in [-0.4, -0.2) is 12.1 Å². The molecule has 1 heterocycles. The lowest BCUT2D eigenvalue weighted by molar-refractivity contribution is 0.414. The monoisotopic (exact) mass is 204 g/mol. The first-order valence-electron chi connectivity index (χ1n) is 4.57. The molecule has 0 bridgehead atoms. The van der Waals surface area contributed by atoms with Gasteiger partial charge in [0.25, 0.3) is 0 Å². The molecule has 0 saturated heterocycles. The minimum absolute atomic E-state index is 0.525. The second kappa shape index (κ2) is 3.65. The second-order valence-electron chi connectivity index (χ2n) is 3.24. The molecule has 15 heavy (non-hydrogen) atoms. The zero-order valence-corrected chi connectivity index (χ0v) is 8.65. The number of aromatic nitrogens is 1. The van der Waals surface area contributed by atoms with Gasteiger partial charge >= 0.3 is 0 Å². The maximum absolute atomic E-state index is 5.70. The van der Waals surface area contributed by atoms with Gasteiger partial charge in [0.15, 0.2) is 0 Å². The summed E-state index contributed by atoms with van der Waals surface area (Å²) < 4.78 is 10.6. The van der Waals surface area contributed by atoms with E-state index in [1.54, 1.807) is 31.5 Å². The van der Waals surface area contributed by atoms with Crippen LogP contribution in [0.3, 0.4) is 0 Å². The van der Waals surface area contributed by atoms with E-state index in [1.165, 1.54) is 0 Å². The highest BCUT2D eigenvalue weighted by atomic mass is 16.5. The molecule has 0 spiro atoms. The molecular weight excluding hydrogens is 192 g/mol. The lowest BCUT2D eigenvalue weighted by atomic mass is 10.2. The van der Waals surface area contributed by atoms with Crippen LogP contribution in [0.5, 0.6) is 5.75 Å². The Kier molecular flexibility index (Phi) is 2.33. The van der Waals surface area contributed by atoms with Gasteiger partial charge in [-0.25, -0.2) is 4.98 Å². The molecule has 0 amide bonds. The summed E-state index contributed by atoms with van der Waals surface area (Å²) in [6.45, 7) is 1.84. The highest BCUT2D eigenvalue weighted by Gasteiger charge is 2.11. The van der Waals surface area contributed by atoms with Crippen molar-refractivity contribution in [1.29, 1.82) is 0 Å². The summed E-state index contributed by atoms with van der Waals surface area (Å²) >= 11 is 0. The van der Waals surface area contributed by atoms with Crippen molar-refractivity contribution in [3.63, 3.8) is 0 Å². The van der Waals surface area contributed by atoms with E-state index in [-0.39, 0.29) is 0 Å². The first-order chi connectivity index (χ1) is 7.20. The van der Waals surface area contributed by atoms with Gasteiger partial charge in [-0.2, -0.15) is 0 Å². The molecule has 0 aliphatic carbocycles. The number of benzene rings is 1. The Hall–Kier alpha value is -1.97. The summed E-state index contributed by atoms with van der Waals surface area (Å²) in [7, 11) is 1.60. The van der Waals surface area contributed by atoms with Crippen molar-refractivity contribution < 1.29 is 9.15 Å². The highest BCUT2D eigenvalue weighted by molar-refractivity contribution is 5.67. The lowest BCUT2D eigenvalue weighted by Gasteiger charge is -2.05. The molecule has 2 rings (SSSR count). The van der Waals surface area contributed by atoms with E-state index < -0.39 is 0 Å².